The van der Waals surface area contributed by atoms with Crippen LogP contribution in [0, 0.1) is 0 Å². The van der Waals surface area contributed by atoms with Gasteiger partial charge in [0.05, 0.1) is 18.3 Å². The first-order chi connectivity index (χ1) is 6.77. The maximum absolute atomic E-state index is 5.20. The van der Waals surface area contributed by atoms with Gasteiger partial charge in [0.2, 0.25) is 0 Å². The van der Waals surface area contributed by atoms with E-state index in [-0.39, 0.29) is 11.0 Å². The van der Waals surface area contributed by atoms with Gasteiger partial charge in [-0.05, 0) is 24.8 Å². The summed E-state index contributed by atoms with van der Waals surface area (Å²) in [6.45, 7) is 11.5. The fourth-order valence-electron chi connectivity index (χ4n) is 1.46. The van der Waals surface area contributed by atoms with E-state index in [1.165, 1.54) is 5.56 Å². The van der Waals surface area contributed by atoms with Crippen LogP contribution in [0.1, 0.15) is 40.2 Å². The molecule has 0 aliphatic carbocycles. The maximum atomic E-state index is 5.20. The molecule has 0 saturated heterocycles. The van der Waals surface area contributed by atoms with Crippen molar-refractivity contribution in [3.63, 3.8) is 0 Å². The van der Waals surface area contributed by atoms with Crippen molar-refractivity contribution in [1.29, 1.82) is 0 Å². The maximum Gasteiger partial charge on any atom is 0.0804 e. The van der Waals surface area contributed by atoms with E-state index in [4.69, 9.17) is 4.74 Å². The molecule has 0 saturated carbocycles. The average Bonchev–Trinajstić information content (AvgIpc) is 2.50. The summed E-state index contributed by atoms with van der Waals surface area (Å²) in [5.41, 5.74) is 1.33. The Morgan fingerprint density at radius 1 is 1.27 bits per heavy atom. The largest absolute Gasteiger partial charge is 0.382 e. The van der Waals surface area contributed by atoms with E-state index >= 15 is 0 Å². The summed E-state index contributed by atoms with van der Waals surface area (Å²) in [6.07, 6.45) is 4.05. The summed E-state index contributed by atoms with van der Waals surface area (Å²) in [5, 5.41) is 4.41. The predicted octanol–water partition coefficient (Wildman–Crippen LogP) is 2.56. The number of ether oxygens (including phenoxy) is 1. The molecule has 0 amide bonds. The average molecular weight is 210 g/mol. The zero-order valence-electron chi connectivity index (χ0n) is 10.7. The highest BCUT2D eigenvalue weighted by molar-refractivity contribution is 5.15. The Morgan fingerprint density at radius 2 is 1.87 bits per heavy atom. The van der Waals surface area contributed by atoms with Crippen LogP contribution in [-0.4, -0.2) is 23.5 Å². The Hall–Kier alpha value is -0.830. The first-order valence-corrected chi connectivity index (χ1v) is 5.32. The Morgan fingerprint density at radius 3 is 2.27 bits per heavy atom. The second-order valence-electron chi connectivity index (χ2n) is 5.67. The summed E-state index contributed by atoms with van der Waals surface area (Å²) in [4.78, 5) is 0. The number of aromatic nitrogens is 2. The summed E-state index contributed by atoms with van der Waals surface area (Å²) < 4.78 is 7.18. The first kappa shape index (κ1) is 12.2. The molecule has 0 bridgehead atoms. The molecule has 0 aliphatic heterocycles. The second-order valence-corrected chi connectivity index (χ2v) is 5.67. The van der Waals surface area contributed by atoms with Crippen LogP contribution in [-0.2, 0) is 15.7 Å². The van der Waals surface area contributed by atoms with Gasteiger partial charge in [-0.1, -0.05) is 20.8 Å². The van der Waals surface area contributed by atoms with Gasteiger partial charge in [-0.2, -0.15) is 5.10 Å². The van der Waals surface area contributed by atoms with Crippen molar-refractivity contribution >= 4 is 0 Å². The molecule has 0 N–H and O–H groups in total. The van der Waals surface area contributed by atoms with Crippen LogP contribution >= 0.6 is 0 Å². The number of hydrogen-bond acceptors (Lipinski definition) is 2. The molecule has 1 aromatic rings. The Labute approximate surface area is 92.4 Å². The molecule has 1 rings (SSSR count). The SMILES string of the molecule is COCC(C)(C)n1cc(C(C)(C)C)cn1. The minimum absolute atomic E-state index is 0.0851. The molecule has 0 atom stereocenters. The minimum atomic E-state index is -0.0851. The quantitative estimate of drug-likeness (QED) is 0.766. The van der Waals surface area contributed by atoms with Gasteiger partial charge in [-0.3, -0.25) is 4.68 Å². The predicted molar refractivity (Wildman–Crippen MR) is 62.1 cm³/mol. The number of rotatable bonds is 3. The zero-order chi connectivity index (χ0) is 11.7. The fourth-order valence-corrected chi connectivity index (χ4v) is 1.46. The highest BCUT2D eigenvalue weighted by Gasteiger charge is 2.23. The van der Waals surface area contributed by atoms with Gasteiger partial charge in [0.15, 0.2) is 0 Å². The summed E-state index contributed by atoms with van der Waals surface area (Å²) in [7, 11) is 1.72. The Kier molecular flexibility index (Phi) is 3.24. The second kappa shape index (κ2) is 3.97. The molecule has 0 fully saturated rings. The minimum Gasteiger partial charge on any atom is -0.382 e. The molecular weight excluding hydrogens is 188 g/mol. The van der Waals surface area contributed by atoms with Gasteiger partial charge in [-0.25, -0.2) is 0 Å². The van der Waals surface area contributed by atoms with Gasteiger partial charge in [0.1, 0.15) is 0 Å². The van der Waals surface area contributed by atoms with Gasteiger partial charge < -0.3 is 4.74 Å². The molecule has 3 heteroatoms. The van der Waals surface area contributed by atoms with E-state index in [2.05, 4.69) is 45.9 Å². The third kappa shape index (κ3) is 2.81. The molecule has 15 heavy (non-hydrogen) atoms. The van der Waals surface area contributed by atoms with E-state index in [0.29, 0.717) is 6.61 Å². The smallest absolute Gasteiger partial charge is 0.0804 e. The lowest BCUT2D eigenvalue weighted by molar-refractivity contribution is 0.101. The molecule has 0 radical (unpaired) electrons. The van der Waals surface area contributed by atoms with Crippen LogP contribution in [0.4, 0.5) is 0 Å². The summed E-state index contributed by atoms with van der Waals surface area (Å²) >= 11 is 0. The van der Waals surface area contributed by atoms with E-state index < -0.39 is 0 Å². The van der Waals surface area contributed by atoms with E-state index in [0.717, 1.165) is 0 Å². The van der Waals surface area contributed by atoms with Crippen molar-refractivity contribution in [1.82, 2.24) is 9.78 Å². The lowest BCUT2D eigenvalue weighted by Crippen LogP contribution is -2.32. The number of hydrogen-bond donors (Lipinski definition) is 0. The monoisotopic (exact) mass is 210 g/mol. The van der Waals surface area contributed by atoms with E-state index in [9.17, 15) is 0 Å². The van der Waals surface area contributed by atoms with Crippen LogP contribution in [0.3, 0.4) is 0 Å². The van der Waals surface area contributed by atoms with Crippen molar-refractivity contribution in [2.24, 2.45) is 0 Å². The van der Waals surface area contributed by atoms with Gasteiger partial charge in [0.25, 0.3) is 0 Å². The topological polar surface area (TPSA) is 27.1 Å². The van der Waals surface area contributed by atoms with E-state index in [1.807, 2.05) is 10.9 Å². The molecule has 0 aliphatic rings. The van der Waals surface area contributed by atoms with E-state index in [1.54, 1.807) is 7.11 Å². The third-order valence-electron chi connectivity index (χ3n) is 2.57. The molecule has 1 aromatic heterocycles. The molecule has 0 aromatic carbocycles. The summed E-state index contributed by atoms with van der Waals surface area (Å²) in [6, 6.07) is 0. The Balaban J connectivity index is 2.94. The highest BCUT2D eigenvalue weighted by Crippen LogP contribution is 2.23. The van der Waals surface area contributed by atoms with Crippen LogP contribution < -0.4 is 0 Å². The lowest BCUT2D eigenvalue weighted by atomic mass is 9.90. The van der Waals surface area contributed by atoms with Gasteiger partial charge >= 0.3 is 0 Å². The highest BCUT2D eigenvalue weighted by atomic mass is 16.5. The van der Waals surface area contributed by atoms with Crippen LogP contribution in [0.5, 0.6) is 0 Å². The molecular formula is C12H22N2O. The van der Waals surface area contributed by atoms with Crippen LogP contribution in [0.2, 0.25) is 0 Å². The standard InChI is InChI=1S/C12H22N2O/c1-11(2,3)10-7-13-14(8-10)12(4,5)9-15-6/h7-8H,9H2,1-6H3. The normalized spacial score (nSPS) is 13.2. The van der Waals surface area contributed by atoms with Crippen LogP contribution in [0.25, 0.3) is 0 Å². The third-order valence-corrected chi connectivity index (χ3v) is 2.57. The fraction of sp³-hybridized carbons (Fsp3) is 0.750. The van der Waals surface area contributed by atoms with Crippen molar-refractivity contribution in [3.05, 3.63) is 18.0 Å². The first-order valence-electron chi connectivity index (χ1n) is 5.32. The number of nitrogens with zero attached hydrogens (tertiary/aromatic N) is 2. The lowest BCUT2D eigenvalue weighted by Gasteiger charge is -2.24. The molecule has 0 unspecified atom stereocenters. The molecule has 3 nitrogen and oxygen atoms in total. The van der Waals surface area contributed by atoms with Crippen LogP contribution in [0.15, 0.2) is 12.4 Å². The molecule has 0 spiro atoms. The van der Waals surface area contributed by atoms with Crippen molar-refractivity contribution in [2.45, 2.75) is 45.6 Å². The van der Waals surface area contributed by atoms with Crippen molar-refractivity contribution in [3.8, 4) is 0 Å². The molecule has 86 valence electrons. The Bertz CT molecular complexity index is 321. The van der Waals surface area contributed by atoms with Crippen molar-refractivity contribution in [2.75, 3.05) is 13.7 Å². The van der Waals surface area contributed by atoms with Crippen molar-refractivity contribution < 1.29 is 4.74 Å². The summed E-state index contributed by atoms with van der Waals surface area (Å²) in [5.74, 6) is 0. The molecule has 1 heterocycles. The zero-order valence-corrected chi connectivity index (χ0v) is 10.7. The number of methoxy groups -OCH3 is 1. The van der Waals surface area contributed by atoms with Gasteiger partial charge in [0, 0.05) is 13.3 Å². The van der Waals surface area contributed by atoms with Gasteiger partial charge in [-0.15, -0.1) is 0 Å².